The summed E-state index contributed by atoms with van der Waals surface area (Å²) in [7, 11) is 4.12. The Bertz CT molecular complexity index is 160. The summed E-state index contributed by atoms with van der Waals surface area (Å²) < 4.78 is 0. The third-order valence-corrected chi connectivity index (χ3v) is 2.41. The molecule has 0 aromatic carbocycles. The minimum Gasteiger partial charge on any atom is -0.388 e. The van der Waals surface area contributed by atoms with Crippen LogP contribution in [-0.4, -0.2) is 67.3 Å². The third kappa shape index (κ3) is 7.73. The molecule has 4 nitrogen and oxygen atoms in total. The molecule has 0 spiro atoms. The molecule has 0 fully saturated rings. The molecule has 92 valence electrons. The van der Waals surface area contributed by atoms with E-state index in [0.717, 1.165) is 26.1 Å². The monoisotopic (exact) mass is 217 g/mol. The zero-order chi connectivity index (χ0) is 11.9. The van der Waals surface area contributed by atoms with Gasteiger partial charge in [-0.15, -0.1) is 0 Å². The first-order valence-corrected chi connectivity index (χ1v) is 5.71. The SMILES string of the molecule is CCCN(CCN(C)C)CC(C)(O)CN. The van der Waals surface area contributed by atoms with E-state index in [0.29, 0.717) is 13.1 Å². The molecule has 3 N–H and O–H groups in total. The molecule has 0 radical (unpaired) electrons. The smallest absolute Gasteiger partial charge is 0.0867 e. The lowest BCUT2D eigenvalue weighted by Crippen LogP contribution is -2.47. The first-order chi connectivity index (χ1) is 6.91. The highest BCUT2D eigenvalue weighted by Crippen LogP contribution is 2.05. The van der Waals surface area contributed by atoms with Gasteiger partial charge in [0.05, 0.1) is 5.60 Å². The Kier molecular flexibility index (Phi) is 7.09. The Hall–Kier alpha value is -0.160. The lowest BCUT2D eigenvalue weighted by atomic mass is 10.1. The van der Waals surface area contributed by atoms with Gasteiger partial charge in [-0.25, -0.2) is 0 Å². The van der Waals surface area contributed by atoms with E-state index in [-0.39, 0.29) is 0 Å². The standard InChI is InChI=1S/C11H27N3O/c1-5-6-14(8-7-13(3)4)10-11(2,15)9-12/h15H,5-10,12H2,1-4H3. The zero-order valence-corrected chi connectivity index (χ0v) is 10.7. The van der Waals surface area contributed by atoms with Crippen LogP contribution in [0.5, 0.6) is 0 Å². The largest absolute Gasteiger partial charge is 0.388 e. The van der Waals surface area contributed by atoms with Gasteiger partial charge in [0, 0.05) is 26.2 Å². The molecule has 0 bridgehead atoms. The Labute approximate surface area is 94.0 Å². The molecule has 0 aromatic rings. The van der Waals surface area contributed by atoms with E-state index in [2.05, 4.69) is 30.8 Å². The van der Waals surface area contributed by atoms with Crippen LogP contribution in [0.3, 0.4) is 0 Å². The summed E-state index contributed by atoms with van der Waals surface area (Å²) in [4.78, 5) is 4.42. The molecule has 0 aromatic heterocycles. The minimum absolute atomic E-state index is 0.315. The zero-order valence-electron chi connectivity index (χ0n) is 10.7. The van der Waals surface area contributed by atoms with Crippen molar-refractivity contribution in [2.75, 3.05) is 46.8 Å². The van der Waals surface area contributed by atoms with E-state index in [4.69, 9.17) is 5.73 Å². The van der Waals surface area contributed by atoms with E-state index in [9.17, 15) is 5.11 Å². The van der Waals surface area contributed by atoms with Crippen molar-refractivity contribution in [3.8, 4) is 0 Å². The fourth-order valence-electron chi connectivity index (χ4n) is 1.47. The van der Waals surface area contributed by atoms with Crippen LogP contribution in [0.15, 0.2) is 0 Å². The second-order valence-electron chi connectivity index (χ2n) is 4.78. The van der Waals surface area contributed by atoms with Crippen molar-refractivity contribution in [1.82, 2.24) is 9.80 Å². The first-order valence-electron chi connectivity index (χ1n) is 5.71. The normalized spacial score (nSPS) is 16.0. The molecule has 0 amide bonds. The molecule has 15 heavy (non-hydrogen) atoms. The van der Waals surface area contributed by atoms with E-state index >= 15 is 0 Å². The number of nitrogens with zero attached hydrogens (tertiary/aromatic N) is 2. The van der Waals surface area contributed by atoms with E-state index in [1.807, 2.05) is 0 Å². The van der Waals surface area contributed by atoms with Gasteiger partial charge >= 0.3 is 0 Å². The van der Waals surface area contributed by atoms with Crippen molar-refractivity contribution in [3.05, 3.63) is 0 Å². The topological polar surface area (TPSA) is 52.7 Å². The van der Waals surface area contributed by atoms with Crippen molar-refractivity contribution in [3.63, 3.8) is 0 Å². The number of hydrogen-bond acceptors (Lipinski definition) is 4. The molecule has 0 saturated carbocycles. The van der Waals surface area contributed by atoms with Crippen molar-refractivity contribution in [1.29, 1.82) is 0 Å². The lowest BCUT2D eigenvalue weighted by Gasteiger charge is -2.31. The van der Waals surface area contributed by atoms with Crippen molar-refractivity contribution in [2.24, 2.45) is 5.73 Å². The molecule has 1 atom stereocenters. The van der Waals surface area contributed by atoms with Crippen molar-refractivity contribution in [2.45, 2.75) is 25.9 Å². The predicted octanol–water partition coefficient (Wildman–Crippen LogP) is -0.0303. The van der Waals surface area contributed by atoms with Crippen LogP contribution in [0, 0.1) is 0 Å². The fraction of sp³-hybridized carbons (Fsp3) is 1.00. The van der Waals surface area contributed by atoms with Crippen LogP contribution in [-0.2, 0) is 0 Å². The van der Waals surface area contributed by atoms with Crippen LogP contribution in [0.25, 0.3) is 0 Å². The van der Waals surface area contributed by atoms with Crippen molar-refractivity contribution >= 4 is 0 Å². The quantitative estimate of drug-likeness (QED) is 0.599. The lowest BCUT2D eigenvalue weighted by molar-refractivity contribution is 0.0257. The Morgan fingerprint density at radius 2 is 1.80 bits per heavy atom. The molecule has 1 unspecified atom stereocenters. The maximum Gasteiger partial charge on any atom is 0.0867 e. The van der Waals surface area contributed by atoms with Crippen LogP contribution < -0.4 is 5.73 Å². The Balaban J connectivity index is 4.03. The third-order valence-electron chi connectivity index (χ3n) is 2.41. The van der Waals surface area contributed by atoms with E-state index in [1.165, 1.54) is 0 Å². The predicted molar refractivity (Wildman–Crippen MR) is 65.0 cm³/mol. The van der Waals surface area contributed by atoms with Gasteiger partial charge in [-0.3, -0.25) is 4.90 Å². The van der Waals surface area contributed by atoms with Crippen molar-refractivity contribution < 1.29 is 5.11 Å². The summed E-state index contributed by atoms with van der Waals surface area (Å²) in [6, 6.07) is 0. The summed E-state index contributed by atoms with van der Waals surface area (Å²) in [5, 5.41) is 9.91. The maximum atomic E-state index is 9.91. The van der Waals surface area contributed by atoms with Gasteiger partial charge in [-0.05, 0) is 34.0 Å². The van der Waals surface area contributed by atoms with Crippen LogP contribution in [0.4, 0.5) is 0 Å². The maximum absolute atomic E-state index is 9.91. The second kappa shape index (κ2) is 7.17. The minimum atomic E-state index is -0.762. The molecular weight excluding hydrogens is 190 g/mol. The van der Waals surface area contributed by atoms with Crippen LogP contribution in [0.2, 0.25) is 0 Å². The summed E-state index contributed by atoms with van der Waals surface area (Å²) in [6.45, 7) is 7.94. The Morgan fingerprint density at radius 1 is 1.20 bits per heavy atom. The number of likely N-dealkylation sites (N-methyl/N-ethyl adjacent to an activating group) is 1. The molecule has 0 rings (SSSR count). The average molecular weight is 217 g/mol. The molecule has 0 saturated heterocycles. The molecular formula is C11H27N3O. The molecule has 0 heterocycles. The summed E-state index contributed by atoms with van der Waals surface area (Å²) in [5.41, 5.74) is 4.76. The summed E-state index contributed by atoms with van der Waals surface area (Å²) >= 11 is 0. The Morgan fingerprint density at radius 3 is 2.20 bits per heavy atom. The van der Waals surface area contributed by atoms with Gasteiger partial charge in [0.15, 0.2) is 0 Å². The molecule has 0 aliphatic rings. The molecule has 0 aliphatic carbocycles. The van der Waals surface area contributed by atoms with Gasteiger partial charge in [0.25, 0.3) is 0 Å². The van der Waals surface area contributed by atoms with E-state index in [1.54, 1.807) is 6.92 Å². The number of rotatable bonds is 8. The van der Waals surface area contributed by atoms with Gasteiger partial charge in [0.1, 0.15) is 0 Å². The first kappa shape index (κ1) is 14.8. The van der Waals surface area contributed by atoms with Crippen LogP contribution in [0.1, 0.15) is 20.3 Å². The molecule has 4 heteroatoms. The highest BCUT2D eigenvalue weighted by Gasteiger charge is 2.21. The van der Waals surface area contributed by atoms with Gasteiger partial charge in [-0.2, -0.15) is 0 Å². The summed E-state index contributed by atoms with van der Waals surface area (Å²) in [5.74, 6) is 0. The highest BCUT2D eigenvalue weighted by atomic mass is 16.3. The van der Waals surface area contributed by atoms with Gasteiger partial charge in [0.2, 0.25) is 0 Å². The second-order valence-corrected chi connectivity index (χ2v) is 4.78. The van der Waals surface area contributed by atoms with Gasteiger partial charge < -0.3 is 15.7 Å². The van der Waals surface area contributed by atoms with Gasteiger partial charge in [-0.1, -0.05) is 6.92 Å². The molecule has 0 aliphatic heterocycles. The average Bonchev–Trinajstić information content (AvgIpc) is 2.14. The number of hydrogen-bond donors (Lipinski definition) is 2. The number of nitrogens with two attached hydrogens (primary N) is 1. The summed E-state index contributed by atoms with van der Waals surface area (Å²) in [6.07, 6.45) is 1.11. The fourth-order valence-corrected chi connectivity index (χ4v) is 1.47. The number of aliphatic hydroxyl groups is 1. The highest BCUT2D eigenvalue weighted by molar-refractivity contribution is 4.78. The van der Waals surface area contributed by atoms with Crippen LogP contribution >= 0.6 is 0 Å². The van der Waals surface area contributed by atoms with E-state index < -0.39 is 5.60 Å².